The Morgan fingerprint density at radius 1 is 0.867 bits per heavy atom. The molecule has 4 aliphatic carbocycles. The van der Waals surface area contributed by atoms with Crippen molar-refractivity contribution in [3.8, 4) is 5.75 Å². The third-order valence-corrected chi connectivity index (χ3v) is 13.7. The molecule has 0 spiro atoms. The van der Waals surface area contributed by atoms with Crippen molar-refractivity contribution in [3.05, 3.63) is 29.8 Å². The van der Waals surface area contributed by atoms with Gasteiger partial charge in [0.2, 0.25) is 0 Å². The summed E-state index contributed by atoms with van der Waals surface area (Å²) < 4.78 is 92.9. The van der Waals surface area contributed by atoms with Crippen molar-refractivity contribution in [2.75, 3.05) is 18.1 Å². The van der Waals surface area contributed by atoms with E-state index < -0.39 is 40.5 Å². The third-order valence-electron chi connectivity index (χ3n) is 11.9. The minimum Gasteiger partial charge on any atom is -0.494 e. The van der Waals surface area contributed by atoms with E-state index in [0.29, 0.717) is 55.0 Å². The molecule has 0 radical (unpaired) electrons. The van der Waals surface area contributed by atoms with Crippen LogP contribution in [0.5, 0.6) is 5.75 Å². The van der Waals surface area contributed by atoms with Gasteiger partial charge >= 0.3 is 12.1 Å². The summed E-state index contributed by atoms with van der Waals surface area (Å²) >= 11 is 0. The second kappa shape index (κ2) is 13.6. The van der Waals surface area contributed by atoms with Crippen molar-refractivity contribution in [2.45, 2.75) is 121 Å². The molecule has 1 aromatic rings. The number of halogens is 5. The van der Waals surface area contributed by atoms with Gasteiger partial charge in [0, 0.05) is 6.42 Å². The average Bonchev–Trinajstić information content (AvgIpc) is 3.27. The average molecular weight is 665 g/mol. The summed E-state index contributed by atoms with van der Waals surface area (Å²) in [6.07, 6.45) is 1.18. The molecule has 4 fully saturated rings. The van der Waals surface area contributed by atoms with Crippen molar-refractivity contribution >= 4 is 9.84 Å². The zero-order chi connectivity index (χ0) is 32.6. The summed E-state index contributed by atoms with van der Waals surface area (Å²) in [5.74, 6) is -1.85. The summed E-state index contributed by atoms with van der Waals surface area (Å²) in [5, 5.41) is 21.5. The van der Waals surface area contributed by atoms with Crippen LogP contribution in [0.1, 0.15) is 102 Å². The van der Waals surface area contributed by atoms with Gasteiger partial charge in [-0.05, 0) is 136 Å². The molecule has 5 nitrogen and oxygen atoms in total. The predicted octanol–water partition coefficient (Wildman–Crippen LogP) is 7.70. The van der Waals surface area contributed by atoms with E-state index in [0.717, 1.165) is 44.3 Å². The van der Waals surface area contributed by atoms with Gasteiger partial charge in [0.25, 0.3) is 0 Å². The molecule has 4 saturated carbocycles. The first-order valence-electron chi connectivity index (χ1n) is 16.9. The lowest BCUT2D eigenvalue weighted by atomic mass is 9.46. The Morgan fingerprint density at radius 2 is 1.56 bits per heavy atom. The van der Waals surface area contributed by atoms with Gasteiger partial charge in [-0.15, -0.1) is 0 Å². The number of hydrogen-bond donors (Lipinski definition) is 2. The van der Waals surface area contributed by atoms with E-state index in [1.165, 1.54) is 18.4 Å². The van der Waals surface area contributed by atoms with Crippen LogP contribution in [0.3, 0.4) is 0 Å². The lowest BCUT2D eigenvalue weighted by Crippen LogP contribution is -2.52. The van der Waals surface area contributed by atoms with E-state index in [9.17, 15) is 40.6 Å². The summed E-state index contributed by atoms with van der Waals surface area (Å²) in [4.78, 5) is 0. The number of sulfone groups is 1. The molecule has 2 unspecified atom stereocenters. The molecule has 4 aliphatic rings. The van der Waals surface area contributed by atoms with Crippen molar-refractivity contribution in [2.24, 2.45) is 35.0 Å². The third kappa shape index (κ3) is 7.66. The maximum atomic E-state index is 13.0. The van der Waals surface area contributed by atoms with Crippen LogP contribution in [-0.4, -0.2) is 61.1 Å². The first-order chi connectivity index (χ1) is 21.1. The van der Waals surface area contributed by atoms with Crippen molar-refractivity contribution in [3.63, 3.8) is 0 Å². The van der Waals surface area contributed by atoms with Gasteiger partial charge in [-0.3, -0.25) is 0 Å². The quantitative estimate of drug-likeness (QED) is 0.177. The van der Waals surface area contributed by atoms with Crippen LogP contribution in [0.25, 0.3) is 0 Å². The predicted molar refractivity (Wildman–Crippen MR) is 162 cm³/mol. The van der Waals surface area contributed by atoms with Gasteiger partial charge in [-0.25, -0.2) is 8.42 Å². The molecule has 0 aliphatic heterocycles. The Bertz CT molecular complexity index is 1240. The number of unbranched alkanes of at least 4 members (excludes halogenated alkanes) is 2. The fraction of sp³-hybridized carbons (Fsp3) is 0.824. The molecular weight excluding hydrogens is 615 g/mol. The molecule has 0 bridgehead atoms. The van der Waals surface area contributed by atoms with Gasteiger partial charge in [-0.2, -0.15) is 22.0 Å². The summed E-state index contributed by atoms with van der Waals surface area (Å²) in [6, 6.07) is 8.27. The molecule has 0 saturated heterocycles. The first-order valence-corrected chi connectivity index (χ1v) is 18.7. The monoisotopic (exact) mass is 664 g/mol. The number of hydrogen-bond acceptors (Lipinski definition) is 5. The Hall–Kier alpha value is -1.46. The molecular formula is C34H49F5O5S. The van der Waals surface area contributed by atoms with Gasteiger partial charge in [-0.1, -0.05) is 19.1 Å². The number of alkyl halides is 5. The fourth-order valence-electron chi connectivity index (χ4n) is 9.63. The molecule has 1 aromatic carbocycles. The maximum Gasteiger partial charge on any atom is 0.453 e. The summed E-state index contributed by atoms with van der Waals surface area (Å²) in [7, 11) is -3.71. The number of ether oxygens (including phenoxy) is 1. The van der Waals surface area contributed by atoms with Gasteiger partial charge in [0.1, 0.15) is 15.6 Å². The zero-order valence-corrected chi connectivity index (χ0v) is 27.0. The number of aliphatic hydroxyl groups excluding tert-OH is 2. The Kier molecular flexibility index (Phi) is 10.5. The van der Waals surface area contributed by atoms with Crippen LogP contribution < -0.4 is 4.74 Å². The van der Waals surface area contributed by atoms with Gasteiger partial charge in [0.15, 0.2) is 0 Å². The normalized spacial score (nSPS) is 35.4. The van der Waals surface area contributed by atoms with Crippen LogP contribution in [-0.2, 0) is 9.84 Å². The van der Waals surface area contributed by atoms with E-state index in [1.54, 1.807) is 0 Å². The number of fused-ring (bicyclic) bond motifs is 5. The minimum atomic E-state index is -5.67. The topological polar surface area (TPSA) is 83.8 Å². The second-order valence-electron chi connectivity index (χ2n) is 14.7. The first kappa shape index (κ1) is 34.9. The van der Waals surface area contributed by atoms with Crippen LogP contribution in [0.15, 0.2) is 24.3 Å². The molecule has 0 aromatic heterocycles. The zero-order valence-electron chi connectivity index (χ0n) is 26.2. The Labute approximate surface area is 264 Å². The van der Waals surface area contributed by atoms with E-state index >= 15 is 0 Å². The lowest BCUT2D eigenvalue weighted by molar-refractivity contribution is -0.284. The molecule has 45 heavy (non-hydrogen) atoms. The van der Waals surface area contributed by atoms with Gasteiger partial charge in [0.05, 0.1) is 30.3 Å². The van der Waals surface area contributed by atoms with E-state index in [1.807, 2.05) is 12.1 Å². The molecule has 9 atom stereocenters. The van der Waals surface area contributed by atoms with E-state index in [-0.39, 0.29) is 29.8 Å². The number of rotatable bonds is 12. The maximum absolute atomic E-state index is 13.0. The van der Waals surface area contributed by atoms with Crippen molar-refractivity contribution in [1.29, 1.82) is 0 Å². The molecule has 11 heteroatoms. The lowest BCUT2D eigenvalue weighted by Gasteiger charge is -2.58. The largest absolute Gasteiger partial charge is 0.494 e. The van der Waals surface area contributed by atoms with E-state index in [4.69, 9.17) is 4.74 Å². The van der Waals surface area contributed by atoms with Crippen LogP contribution in [0, 0.1) is 35.0 Å². The van der Waals surface area contributed by atoms with Crippen LogP contribution >= 0.6 is 0 Å². The van der Waals surface area contributed by atoms with Crippen LogP contribution in [0.4, 0.5) is 22.0 Å². The smallest absolute Gasteiger partial charge is 0.453 e. The van der Waals surface area contributed by atoms with Crippen molar-refractivity contribution in [1.82, 2.24) is 0 Å². The molecule has 256 valence electrons. The molecule has 0 amide bonds. The number of aliphatic hydroxyl groups is 2. The van der Waals surface area contributed by atoms with Crippen molar-refractivity contribution < 1.29 is 45.3 Å². The standard InChI is InChI=1S/C34H49F5O5S/c1-32-21-28(31-26-13-9-24(40)20-23(26)8-12-27(31)29(32)14-15-30(32)41)22-6-10-25(11-7-22)44-17-3-2-4-18-45(42,43)19-5-16-33(35,36)34(37,38)39/h6-7,10-11,23-24,26-31,40-41H,2-5,8-9,12-21H2,1H3/t23?,24?,26-,27-,28+,29-,30-,31+,32-/m0/s1. The molecule has 2 N–H and O–H groups in total. The minimum absolute atomic E-state index is 0.0797. The Morgan fingerprint density at radius 3 is 2.27 bits per heavy atom. The highest BCUT2D eigenvalue weighted by Gasteiger charge is 2.60. The Balaban J connectivity index is 1.11. The highest BCUT2D eigenvalue weighted by atomic mass is 32.2. The fourth-order valence-corrected chi connectivity index (χ4v) is 11.1. The van der Waals surface area contributed by atoms with E-state index in [2.05, 4.69) is 19.1 Å². The second-order valence-corrected chi connectivity index (χ2v) is 17.0. The van der Waals surface area contributed by atoms with Crippen LogP contribution in [0.2, 0.25) is 0 Å². The highest BCUT2D eigenvalue weighted by Crippen LogP contribution is 2.66. The highest BCUT2D eigenvalue weighted by molar-refractivity contribution is 7.91. The summed E-state index contributed by atoms with van der Waals surface area (Å²) in [6.45, 7) is 2.67. The summed E-state index contributed by atoms with van der Waals surface area (Å²) in [5.41, 5.74) is 1.20. The number of benzene rings is 1. The SMILES string of the molecule is C[C@]12C[C@H](c3ccc(OCCCCCS(=O)(=O)CCCC(F)(F)C(F)(F)F)cc3)[C@H]3[C@@H](CCC4CC(O)CC[C@@H]43)[C@@H]1CC[C@@H]2O. The molecule has 5 rings (SSSR count). The van der Waals surface area contributed by atoms with Gasteiger partial charge < -0.3 is 14.9 Å². The molecule has 0 heterocycles.